The molecule has 0 fully saturated rings. The lowest BCUT2D eigenvalue weighted by atomic mass is 10.1. The monoisotopic (exact) mass is 340 g/mol. The smallest absolute Gasteiger partial charge is 0.261 e. The van der Waals surface area contributed by atoms with E-state index in [0.717, 1.165) is 10.6 Å². The van der Waals surface area contributed by atoms with Crippen LogP contribution in [-0.4, -0.2) is 26.7 Å². The molecule has 0 atom stereocenters. The van der Waals surface area contributed by atoms with Gasteiger partial charge in [-0.05, 0) is 36.9 Å². The van der Waals surface area contributed by atoms with Crippen molar-refractivity contribution in [1.29, 1.82) is 0 Å². The van der Waals surface area contributed by atoms with E-state index in [0.29, 0.717) is 16.6 Å². The van der Waals surface area contributed by atoms with Gasteiger partial charge in [0.1, 0.15) is 6.54 Å². The minimum absolute atomic E-state index is 0.0972. The maximum atomic E-state index is 12.5. The molecule has 0 aliphatic rings. The molecule has 0 bridgehead atoms. The summed E-state index contributed by atoms with van der Waals surface area (Å²) in [6.45, 7) is 1.80. The van der Waals surface area contributed by atoms with Crippen molar-refractivity contribution in [2.24, 2.45) is 0 Å². The molecule has 2 aromatic heterocycles. The number of aromatic nitrogens is 3. The number of para-hydroxylation sites is 1. The summed E-state index contributed by atoms with van der Waals surface area (Å²) in [5.74, 6) is -0.301. The first-order chi connectivity index (χ1) is 11.6. The van der Waals surface area contributed by atoms with E-state index in [1.54, 1.807) is 18.3 Å². The lowest BCUT2D eigenvalue weighted by Gasteiger charge is -2.09. The number of pyridine rings is 1. The highest BCUT2D eigenvalue weighted by atomic mass is 32.2. The summed E-state index contributed by atoms with van der Waals surface area (Å²) in [7, 11) is 0. The van der Waals surface area contributed by atoms with Crippen LogP contribution < -0.4 is 10.9 Å². The van der Waals surface area contributed by atoms with E-state index < -0.39 is 0 Å². The summed E-state index contributed by atoms with van der Waals surface area (Å²) in [6, 6.07) is 9.03. The number of nitrogens with one attached hydrogen (secondary N) is 1. The molecule has 3 aromatic rings. The Morgan fingerprint density at radius 2 is 2.08 bits per heavy atom. The quantitative estimate of drug-likeness (QED) is 0.738. The minimum atomic E-state index is -0.301. The molecule has 122 valence electrons. The molecule has 0 saturated heterocycles. The molecule has 24 heavy (non-hydrogen) atoms. The third-order valence-corrected chi connectivity index (χ3v) is 4.26. The van der Waals surface area contributed by atoms with Crippen molar-refractivity contribution in [3.8, 4) is 0 Å². The van der Waals surface area contributed by atoms with E-state index in [-0.39, 0.29) is 18.0 Å². The first kappa shape index (κ1) is 16.2. The molecule has 1 amide bonds. The summed E-state index contributed by atoms with van der Waals surface area (Å²) in [4.78, 5) is 33.1. The average Bonchev–Trinajstić information content (AvgIpc) is 2.58. The second kappa shape index (κ2) is 6.84. The third kappa shape index (κ3) is 3.30. The predicted molar refractivity (Wildman–Crippen MR) is 95.4 cm³/mol. The van der Waals surface area contributed by atoms with E-state index in [1.807, 2.05) is 31.4 Å². The van der Waals surface area contributed by atoms with Gasteiger partial charge in [-0.15, -0.1) is 11.8 Å². The maximum absolute atomic E-state index is 12.5. The number of anilines is 1. The molecule has 7 heteroatoms. The van der Waals surface area contributed by atoms with Gasteiger partial charge in [-0.3, -0.25) is 14.2 Å². The highest BCUT2D eigenvalue weighted by Gasteiger charge is 2.09. The zero-order chi connectivity index (χ0) is 17.1. The van der Waals surface area contributed by atoms with Gasteiger partial charge in [-0.1, -0.05) is 12.1 Å². The third-order valence-electron chi connectivity index (χ3n) is 3.60. The Bertz CT molecular complexity index is 951. The number of thioether (sulfide) groups is 1. The fourth-order valence-corrected chi connectivity index (χ4v) is 2.74. The Morgan fingerprint density at radius 1 is 1.25 bits per heavy atom. The van der Waals surface area contributed by atoms with Gasteiger partial charge in [0.15, 0.2) is 0 Å². The zero-order valence-corrected chi connectivity index (χ0v) is 14.1. The molecule has 1 N–H and O–H groups in total. The van der Waals surface area contributed by atoms with E-state index >= 15 is 0 Å². The van der Waals surface area contributed by atoms with Gasteiger partial charge in [0.25, 0.3) is 5.56 Å². The normalized spacial score (nSPS) is 10.8. The highest BCUT2D eigenvalue weighted by molar-refractivity contribution is 7.98. The van der Waals surface area contributed by atoms with Crippen molar-refractivity contribution >= 4 is 34.3 Å². The van der Waals surface area contributed by atoms with Crippen molar-refractivity contribution < 1.29 is 4.79 Å². The highest BCUT2D eigenvalue weighted by Crippen LogP contribution is 2.14. The first-order valence-electron chi connectivity index (χ1n) is 7.33. The summed E-state index contributed by atoms with van der Waals surface area (Å²) in [5.41, 5.74) is 1.96. The van der Waals surface area contributed by atoms with Crippen LogP contribution in [0.3, 0.4) is 0 Å². The number of amides is 1. The second-order valence-electron chi connectivity index (χ2n) is 5.29. The lowest BCUT2D eigenvalue weighted by Crippen LogP contribution is -2.28. The van der Waals surface area contributed by atoms with Crippen LogP contribution in [0.2, 0.25) is 0 Å². The molecule has 0 unspecified atom stereocenters. The lowest BCUT2D eigenvalue weighted by molar-refractivity contribution is -0.116. The molecular weight excluding hydrogens is 324 g/mol. The number of aryl methyl sites for hydroxylation is 1. The molecule has 0 saturated carbocycles. The minimum Gasteiger partial charge on any atom is -0.323 e. The molecule has 0 spiro atoms. The van der Waals surface area contributed by atoms with Gasteiger partial charge in [0, 0.05) is 0 Å². The van der Waals surface area contributed by atoms with Crippen LogP contribution in [0.1, 0.15) is 5.56 Å². The number of hydrogen-bond donors (Lipinski definition) is 1. The number of nitrogens with zero attached hydrogens (tertiary/aromatic N) is 3. The van der Waals surface area contributed by atoms with Crippen LogP contribution >= 0.6 is 11.8 Å². The van der Waals surface area contributed by atoms with Gasteiger partial charge in [0.2, 0.25) is 5.91 Å². The Kier molecular flexibility index (Phi) is 4.61. The van der Waals surface area contributed by atoms with Gasteiger partial charge in [-0.2, -0.15) is 0 Å². The number of rotatable bonds is 4. The number of benzene rings is 1. The van der Waals surface area contributed by atoms with Crippen molar-refractivity contribution in [2.75, 3.05) is 11.6 Å². The molecule has 3 rings (SSSR count). The zero-order valence-electron chi connectivity index (χ0n) is 13.3. The topological polar surface area (TPSA) is 76.9 Å². The van der Waals surface area contributed by atoms with E-state index in [2.05, 4.69) is 15.3 Å². The molecule has 0 aliphatic carbocycles. The van der Waals surface area contributed by atoms with Gasteiger partial charge in [-0.25, -0.2) is 9.97 Å². The van der Waals surface area contributed by atoms with Crippen molar-refractivity contribution in [2.45, 2.75) is 18.5 Å². The largest absolute Gasteiger partial charge is 0.323 e. The summed E-state index contributed by atoms with van der Waals surface area (Å²) in [6.07, 6.45) is 4.93. The number of carbonyl (C=O) groups is 1. The van der Waals surface area contributed by atoms with Crippen LogP contribution in [0, 0.1) is 6.92 Å². The fraction of sp³-hybridized carbons (Fsp3) is 0.176. The van der Waals surface area contributed by atoms with Gasteiger partial charge >= 0.3 is 0 Å². The van der Waals surface area contributed by atoms with Crippen molar-refractivity contribution in [1.82, 2.24) is 14.5 Å². The number of carbonyl (C=O) groups excluding carboxylic acids is 1. The van der Waals surface area contributed by atoms with Gasteiger partial charge < -0.3 is 5.32 Å². The van der Waals surface area contributed by atoms with E-state index in [9.17, 15) is 9.59 Å². The van der Waals surface area contributed by atoms with Gasteiger partial charge in [0.05, 0.1) is 34.1 Å². The van der Waals surface area contributed by atoms with Crippen LogP contribution in [0.25, 0.3) is 10.9 Å². The van der Waals surface area contributed by atoms with Crippen LogP contribution in [0.4, 0.5) is 5.69 Å². The standard InChI is InChI=1S/C17H16N4O2S/c1-11-4-3-5-13-16(11)19-10-21(17(13)23)9-14(22)20-12-6-7-15(24-2)18-8-12/h3-8,10H,9H2,1-2H3,(H,20,22). The maximum Gasteiger partial charge on any atom is 0.261 e. The molecule has 1 aromatic carbocycles. The summed E-state index contributed by atoms with van der Waals surface area (Å²) in [5, 5.41) is 4.11. The molecule has 6 nitrogen and oxygen atoms in total. The van der Waals surface area contributed by atoms with Crippen LogP contribution in [0.5, 0.6) is 0 Å². The predicted octanol–water partition coefficient (Wildman–Crippen LogP) is 2.46. The van der Waals surface area contributed by atoms with Crippen LogP contribution in [-0.2, 0) is 11.3 Å². The van der Waals surface area contributed by atoms with Crippen molar-refractivity contribution in [3.05, 3.63) is 58.8 Å². The van der Waals surface area contributed by atoms with E-state index in [4.69, 9.17) is 0 Å². The Morgan fingerprint density at radius 3 is 2.79 bits per heavy atom. The SMILES string of the molecule is CSc1ccc(NC(=O)Cn2cnc3c(C)cccc3c2=O)cn1. The Labute approximate surface area is 142 Å². The first-order valence-corrected chi connectivity index (χ1v) is 8.55. The summed E-state index contributed by atoms with van der Waals surface area (Å²) < 4.78 is 1.31. The second-order valence-corrected chi connectivity index (χ2v) is 6.11. The Hall–Kier alpha value is -2.67. The summed E-state index contributed by atoms with van der Waals surface area (Å²) >= 11 is 1.53. The number of hydrogen-bond acceptors (Lipinski definition) is 5. The molecule has 0 aliphatic heterocycles. The van der Waals surface area contributed by atoms with Crippen molar-refractivity contribution in [3.63, 3.8) is 0 Å². The molecule has 0 radical (unpaired) electrons. The fourth-order valence-electron chi connectivity index (χ4n) is 2.38. The average molecular weight is 340 g/mol. The molecule has 2 heterocycles. The molecular formula is C17H16N4O2S. The number of fused-ring (bicyclic) bond motifs is 1. The Balaban J connectivity index is 1.80. The van der Waals surface area contributed by atoms with E-state index in [1.165, 1.54) is 22.7 Å². The van der Waals surface area contributed by atoms with Crippen LogP contribution in [0.15, 0.2) is 52.7 Å².